The van der Waals surface area contributed by atoms with E-state index in [0.717, 1.165) is 12.3 Å². The molecule has 1 amide bonds. The summed E-state index contributed by atoms with van der Waals surface area (Å²) >= 11 is 4.02. The predicted octanol–water partition coefficient (Wildman–Crippen LogP) is 0.0157. The van der Waals surface area contributed by atoms with Gasteiger partial charge < -0.3 is 11.1 Å². The number of hydrogen-bond donors (Lipinski definition) is 3. The van der Waals surface area contributed by atoms with Crippen LogP contribution < -0.4 is 11.1 Å². The molecule has 0 fully saturated rings. The fourth-order valence-electron chi connectivity index (χ4n) is 0.885. The maximum atomic E-state index is 10.8. The summed E-state index contributed by atoms with van der Waals surface area (Å²) in [6, 6.07) is -0.220. The molecule has 0 aliphatic rings. The lowest BCUT2D eigenvalue weighted by Crippen LogP contribution is -2.45. The van der Waals surface area contributed by atoms with Gasteiger partial charge in [0, 0.05) is 12.3 Å². The number of primary amides is 1. The summed E-state index contributed by atoms with van der Waals surface area (Å²) < 4.78 is 0. The minimum absolute atomic E-state index is 0.220. The first-order valence-corrected chi connectivity index (χ1v) is 4.36. The molecule has 0 aromatic heterocycles. The van der Waals surface area contributed by atoms with Crippen LogP contribution in [0.4, 0.5) is 0 Å². The molecule has 0 saturated heterocycles. The molecule has 3 nitrogen and oxygen atoms in total. The molecule has 0 saturated carbocycles. The molecule has 0 spiro atoms. The lowest BCUT2D eigenvalue weighted by atomic mass is 10.0. The summed E-state index contributed by atoms with van der Waals surface area (Å²) in [7, 11) is 0. The molecule has 0 bridgehead atoms. The van der Waals surface area contributed by atoms with Crippen LogP contribution >= 0.6 is 12.6 Å². The molecule has 0 aromatic carbocycles. The second-order valence-electron chi connectivity index (χ2n) is 2.80. The highest BCUT2D eigenvalue weighted by Gasteiger charge is 2.17. The van der Waals surface area contributed by atoms with Gasteiger partial charge in [-0.05, 0) is 5.92 Å². The topological polar surface area (TPSA) is 55.1 Å². The highest BCUT2D eigenvalue weighted by atomic mass is 32.1. The van der Waals surface area contributed by atoms with Crippen LogP contribution in [0, 0.1) is 5.92 Å². The molecule has 0 aromatic rings. The highest BCUT2D eigenvalue weighted by molar-refractivity contribution is 7.80. The van der Waals surface area contributed by atoms with Crippen molar-refractivity contribution in [3.05, 3.63) is 0 Å². The van der Waals surface area contributed by atoms with Crippen molar-refractivity contribution in [3.63, 3.8) is 0 Å². The molecular weight excluding hydrogens is 160 g/mol. The minimum atomic E-state index is -0.290. The summed E-state index contributed by atoms with van der Waals surface area (Å²) in [6.45, 7) is 4.64. The van der Waals surface area contributed by atoms with Gasteiger partial charge in [0.05, 0.1) is 6.04 Å². The normalized spacial score (nSPS) is 13.5. The summed E-state index contributed by atoms with van der Waals surface area (Å²) in [5.41, 5.74) is 5.15. The van der Waals surface area contributed by atoms with Gasteiger partial charge in [0.15, 0.2) is 0 Å². The van der Waals surface area contributed by atoms with Crippen LogP contribution in [-0.2, 0) is 4.79 Å². The number of hydrogen-bond acceptors (Lipinski definition) is 3. The van der Waals surface area contributed by atoms with Crippen LogP contribution in [0.25, 0.3) is 0 Å². The number of thiol groups is 1. The lowest BCUT2D eigenvalue weighted by molar-refractivity contribution is -0.120. The van der Waals surface area contributed by atoms with Gasteiger partial charge in [-0.1, -0.05) is 13.8 Å². The fraction of sp³-hybridized carbons (Fsp3) is 0.857. The number of nitrogens with one attached hydrogen (secondary N) is 1. The van der Waals surface area contributed by atoms with Gasteiger partial charge >= 0.3 is 0 Å². The zero-order chi connectivity index (χ0) is 8.85. The van der Waals surface area contributed by atoms with Crippen molar-refractivity contribution in [2.75, 3.05) is 12.3 Å². The van der Waals surface area contributed by atoms with E-state index in [1.54, 1.807) is 0 Å². The zero-order valence-electron chi connectivity index (χ0n) is 7.00. The van der Waals surface area contributed by atoms with E-state index >= 15 is 0 Å². The van der Waals surface area contributed by atoms with E-state index in [2.05, 4.69) is 17.9 Å². The van der Waals surface area contributed by atoms with Crippen molar-refractivity contribution in [3.8, 4) is 0 Å². The molecule has 0 heterocycles. The average Bonchev–Trinajstić information content (AvgIpc) is 1.87. The van der Waals surface area contributed by atoms with Crippen molar-refractivity contribution in [1.82, 2.24) is 5.32 Å². The fourth-order valence-corrected chi connectivity index (χ4v) is 1.01. The van der Waals surface area contributed by atoms with Crippen molar-refractivity contribution >= 4 is 18.5 Å². The maximum Gasteiger partial charge on any atom is 0.234 e. The van der Waals surface area contributed by atoms with Crippen LogP contribution in [0.15, 0.2) is 0 Å². The summed E-state index contributed by atoms with van der Waals surface area (Å²) in [5, 5.41) is 3.02. The van der Waals surface area contributed by atoms with E-state index in [1.165, 1.54) is 0 Å². The molecule has 66 valence electrons. The first kappa shape index (κ1) is 10.8. The SMILES string of the molecule is CC(C)C(NCCS)C(N)=O. The summed E-state index contributed by atoms with van der Waals surface area (Å²) in [4.78, 5) is 10.8. The summed E-state index contributed by atoms with van der Waals surface area (Å²) in [5.74, 6) is 0.672. The van der Waals surface area contributed by atoms with Gasteiger partial charge in [-0.25, -0.2) is 0 Å². The third-order valence-electron chi connectivity index (χ3n) is 1.45. The van der Waals surface area contributed by atoms with Crippen molar-refractivity contribution < 1.29 is 4.79 Å². The van der Waals surface area contributed by atoms with E-state index in [-0.39, 0.29) is 17.9 Å². The van der Waals surface area contributed by atoms with Crippen molar-refractivity contribution in [2.45, 2.75) is 19.9 Å². The van der Waals surface area contributed by atoms with E-state index < -0.39 is 0 Å². The number of carbonyl (C=O) groups excluding carboxylic acids is 1. The Morgan fingerprint density at radius 2 is 2.18 bits per heavy atom. The zero-order valence-corrected chi connectivity index (χ0v) is 7.90. The Morgan fingerprint density at radius 1 is 1.64 bits per heavy atom. The predicted molar refractivity (Wildman–Crippen MR) is 49.7 cm³/mol. The Hall–Kier alpha value is -0.220. The van der Waals surface area contributed by atoms with Crippen LogP contribution in [0.3, 0.4) is 0 Å². The van der Waals surface area contributed by atoms with Crippen LogP contribution in [0.5, 0.6) is 0 Å². The largest absolute Gasteiger partial charge is 0.368 e. The molecule has 3 N–H and O–H groups in total. The van der Waals surface area contributed by atoms with Crippen molar-refractivity contribution in [2.24, 2.45) is 11.7 Å². The number of carbonyl (C=O) groups is 1. The van der Waals surface area contributed by atoms with Crippen LogP contribution in [-0.4, -0.2) is 24.2 Å². The summed E-state index contributed by atoms with van der Waals surface area (Å²) in [6.07, 6.45) is 0. The second kappa shape index (κ2) is 5.43. The third kappa shape index (κ3) is 4.27. The molecule has 0 aliphatic carbocycles. The standard InChI is InChI=1S/C7H16N2OS/c1-5(2)6(7(8)10)9-3-4-11/h5-6,9,11H,3-4H2,1-2H3,(H2,8,10). The Bertz CT molecular complexity index is 128. The first-order chi connectivity index (χ1) is 5.09. The first-order valence-electron chi connectivity index (χ1n) is 3.73. The quantitative estimate of drug-likeness (QED) is 0.517. The highest BCUT2D eigenvalue weighted by Crippen LogP contribution is 1.99. The van der Waals surface area contributed by atoms with Crippen LogP contribution in [0.2, 0.25) is 0 Å². The number of amides is 1. The van der Waals surface area contributed by atoms with Crippen LogP contribution in [0.1, 0.15) is 13.8 Å². The Morgan fingerprint density at radius 3 is 2.45 bits per heavy atom. The maximum absolute atomic E-state index is 10.8. The third-order valence-corrected chi connectivity index (χ3v) is 1.67. The molecule has 1 unspecified atom stereocenters. The molecular formula is C7H16N2OS. The Labute approximate surface area is 73.1 Å². The van der Waals surface area contributed by atoms with E-state index in [9.17, 15) is 4.79 Å². The van der Waals surface area contributed by atoms with Gasteiger partial charge in [0.25, 0.3) is 0 Å². The smallest absolute Gasteiger partial charge is 0.234 e. The van der Waals surface area contributed by atoms with Gasteiger partial charge in [-0.3, -0.25) is 4.79 Å². The molecule has 1 atom stereocenters. The molecule has 11 heavy (non-hydrogen) atoms. The average molecular weight is 176 g/mol. The van der Waals surface area contributed by atoms with Gasteiger partial charge in [0.1, 0.15) is 0 Å². The lowest BCUT2D eigenvalue weighted by Gasteiger charge is -2.17. The van der Waals surface area contributed by atoms with E-state index in [1.807, 2.05) is 13.8 Å². The van der Waals surface area contributed by atoms with Gasteiger partial charge in [-0.15, -0.1) is 0 Å². The molecule has 4 heteroatoms. The Kier molecular flexibility index (Phi) is 5.32. The van der Waals surface area contributed by atoms with Gasteiger partial charge in [0.2, 0.25) is 5.91 Å². The molecule has 0 aliphatic heterocycles. The van der Waals surface area contributed by atoms with E-state index in [4.69, 9.17) is 5.73 Å². The Balaban J connectivity index is 3.80. The molecule has 0 rings (SSSR count). The van der Waals surface area contributed by atoms with Gasteiger partial charge in [-0.2, -0.15) is 12.6 Å². The second-order valence-corrected chi connectivity index (χ2v) is 3.25. The van der Waals surface area contributed by atoms with E-state index in [0.29, 0.717) is 0 Å². The number of rotatable bonds is 5. The minimum Gasteiger partial charge on any atom is -0.368 e. The monoisotopic (exact) mass is 176 g/mol. The number of nitrogens with two attached hydrogens (primary N) is 1. The molecule has 0 radical (unpaired) electrons. The van der Waals surface area contributed by atoms with Crippen molar-refractivity contribution in [1.29, 1.82) is 0 Å².